The van der Waals surface area contributed by atoms with Gasteiger partial charge in [0.1, 0.15) is 0 Å². The fourth-order valence-electron chi connectivity index (χ4n) is 2.44. The van der Waals surface area contributed by atoms with Crippen LogP contribution in [0.3, 0.4) is 0 Å². The highest BCUT2D eigenvalue weighted by Gasteiger charge is 2.26. The summed E-state index contributed by atoms with van der Waals surface area (Å²) in [6, 6.07) is 3.95. The second kappa shape index (κ2) is 6.51. The summed E-state index contributed by atoms with van der Waals surface area (Å²) < 4.78 is 0. The lowest BCUT2D eigenvalue weighted by Crippen LogP contribution is -2.39. The fourth-order valence-corrected chi connectivity index (χ4v) is 2.44. The summed E-state index contributed by atoms with van der Waals surface area (Å²) in [5, 5.41) is 19.9. The Morgan fingerprint density at radius 2 is 2.14 bits per heavy atom. The molecule has 0 radical (unpaired) electrons. The number of carbonyl (C=O) groups excluding carboxylic acids is 1. The number of hydrogen-bond donors (Lipinski definition) is 3. The van der Waals surface area contributed by atoms with Crippen LogP contribution >= 0.6 is 0 Å². The van der Waals surface area contributed by atoms with Crippen molar-refractivity contribution < 1.29 is 14.8 Å². The molecule has 1 aromatic carbocycles. The smallest absolute Gasteiger partial charge is 0.270 e. The minimum Gasteiger partial charge on any atom is -0.396 e. The molecule has 2 rings (SSSR count). The molecule has 0 unspecified atom stereocenters. The summed E-state index contributed by atoms with van der Waals surface area (Å²) in [5.74, 6) is 5.29. The van der Waals surface area contributed by atoms with Gasteiger partial charge >= 0.3 is 0 Å². The van der Waals surface area contributed by atoms with Crippen molar-refractivity contribution in [3.05, 3.63) is 33.9 Å². The molecule has 114 valence electrons. The number of aliphatic hydroxyl groups is 1. The number of rotatable bonds is 4. The Kier molecular flexibility index (Phi) is 4.71. The monoisotopic (exact) mass is 294 g/mol. The first-order valence-electron chi connectivity index (χ1n) is 6.72. The van der Waals surface area contributed by atoms with E-state index in [1.165, 1.54) is 18.2 Å². The van der Waals surface area contributed by atoms with Crippen LogP contribution in [0.2, 0.25) is 0 Å². The lowest BCUT2D eigenvalue weighted by Gasteiger charge is -2.31. The first-order chi connectivity index (χ1) is 10.1. The number of nitro benzene ring substituents is 1. The maximum absolute atomic E-state index is 12.5. The van der Waals surface area contributed by atoms with Crippen molar-refractivity contribution in [3.8, 4) is 0 Å². The van der Waals surface area contributed by atoms with E-state index < -0.39 is 4.92 Å². The van der Waals surface area contributed by atoms with Gasteiger partial charge in [0, 0.05) is 31.8 Å². The van der Waals surface area contributed by atoms with Crippen LogP contribution in [0.1, 0.15) is 23.2 Å². The minimum absolute atomic E-state index is 0.119. The van der Waals surface area contributed by atoms with Crippen molar-refractivity contribution in [1.29, 1.82) is 0 Å². The Bertz CT molecular complexity index is 541. The predicted molar refractivity (Wildman–Crippen MR) is 76.6 cm³/mol. The number of nitrogens with two attached hydrogens (primary N) is 1. The average molecular weight is 294 g/mol. The molecular formula is C13H18N4O4. The number of amides is 1. The highest BCUT2D eigenvalue weighted by molar-refractivity contribution is 6.00. The summed E-state index contributed by atoms with van der Waals surface area (Å²) in [7, 11) is 0. The van der Waals surface area contributed by atoms with Crippen molar-refractivity contribution in [2.45, 2.75) is 12.8 Å². The van der Waals surface area contributed by atoms with Gasteiger partial charge < -0.3 is 15.4 Å². The van der Waals surface area contributed by atoms with Crippen LogP contribution in [0.15, 0.2) is 18.2 Å². The maximum atomic E-state index is 12.5. The third-order valence-corrected chi connectivity index (χ3v) is 3.76. The number of nitrogens with zero attached hydrogens (tertiary/aromatic N) is 2. The fraction of sp³-hybridized carbons (Fsp3) is 0.462. The number of aliphatic hydroxyl groups excluding tert-OH is 1. The predicted octanol–water partition coefficient (Wildman–Crippen LogP) is 0.725. The largest absolute Gasteiger partial charge is 0.396 e. The molecule has 1 saturated heterocycles. The number of hydrogen-bond acceptors (Lipinski definition) is 6. The number of nitro groups is 1. The van der Waals surface area contributed by atoms with Crippen LogP contribution in [-0.2, 0) is 0 Å². The second-order valence-corrected chi connectivity index (χ2v) is 5.05. The molecule has 0 atom stereocenters. The van der Waals surface area contributed by atoms with E-state index in [0.29, 0.717) is 18.8 Å². The number of carbonyl (C=O) groups is 1. The van der Waals surface area contributed by atoms with Crippen molar-refractivity contribution in [2.24, 2.45) is 11.8 Å². The topological polar surface area (TPSA) is 122 Å². The zero-order chi connectivity index (χ0) is 15.4. The van der Waals surface area contributed by atoms with E-state index >= 15 is 0 Å². The molecule has 8 nitrogen and oxygen atoms in total. The Labute approximate surface area is 121 Å². The van der Waals surface area contributed by atoms with Crippen molar-refractivity contribution in [3.63, 3.8) is 0 Å². The second-order valence-electron chi connectivity index (χ2n) is 5.05. The Morgan fingerprint density at radius 3 is 2.67 bits per heavy atom. The molecule has 0 bridgehead atoms. The van der Waals surface area contributed by atoms with Crippen molar-refractivity contribution in [2.75, 3.05) is 25.1 Å². The van der Waals surface area contributed by atoms with Gasteiger partial charge in [0.2, 0.25) is 0 Å². The highest BCUT2D eigenvalue weighted by Crippen LogP contribution is 2.25. The summed E-state index contributed by atoms with van der Waals surface area (Å²) in [5.41, 5.74) is 2.79. The SMILES string of the molecule is NNc1ccc([N+](=O)[O-])cc1C(=O)N1CCC(CO)CC1. The molecule has 0 spiro atoms. The molecular weight excluding hydrogens is 276 g/mol. The number of nitrogen functional groups attached to an aromatic ring is 1. The van der Waals surface area contributed by atoms with Gasteiger partial charge in [-0.15, -0.1) is 0 Å². The lowest BCUT2D eigenvalue weighted by atomic mass is 9.97. The van der Waals surface area contributed by atoms with Crippen LogP contribution in [0, 0.1) is 16.0 Å². The maximum Gasteiger partial charge on any atom is 0.270 e. The standard InChI is InChI=1S/C13H18N4O4/c14-15-12-2-1-10(17(20)21)7-11(12)13(19)16-5-3-9(8-18)4-6-16/h1-2,7,9,15,18H,3-6,8,14H2. The van der Waals surface area contributed by atoms with E-state index in [9.17, 15) is 14.9 Å². The molecule has 1 heterocycles. The Hall–Kier alpha value is -2.19. The van der Waals surface area contributed by atoms with Crippen molar-refractivity contribution in [1.82, 2.24) is 4.90 Å². The third-order valence-electron chi connectivity index (χ3n) is 3.76. The Balaban J connectivity index is 2.22. The van der Waals surface area contributed by atoms with E-state index in [0.717, 1.165) is 12.8 Å². The van der Waals surface area contributed by atoms with Gasteiger partial charge in [-0.2, -0.15) is 0 Å². The van der Waals surface area contributed by atoms with Gasteiger partial charge in [0.05, 0.1) is 16.2 Å². The molecule has 1 aliphatic rings. The quantitative estimate of drug-likeness (QED) is 0.427. The molecule has 1 aliphatic heterocycles. The highest BCUT2D eigenvalue weighted by atomic mass is 16.6. The first-order valence-corrected chi connectivity index (χ1v) is 6.72. The van der Waals surface area contributed by atoms with Crippen LogP contribution < -0.4 is 11.3 Å². The molecule has 0 aliphatic carbocycles. The summed E-state index contributed by atoms with van der Waals surface area (Å²) in [4.78, 5) is 24.4. The number of hydrazine groups is 1. The number of piperidine rings is 1. The molecule has 4 N–H and O–H groups in total. The van der Waals surface area contributed by atoms with E-state index in [2.05, 4.69) is 5.43 Å². The Morgan fingerprint density at radius 1 is 1.48 bits per heavy atom. The number of anilines is 1. The summed E-state index contributed by atoms with van der Waals surface area (Å²) >= 11 is 0. The van der Waals surface area contributed by atoms with Gasteiger partial charge in [-0.3, -0.25) is 20.8 Å². The number of non-ortho nitro benzene ring substituents is 1. The zero-order valence-corrected chi connectivity index (χ0v) is 11.5. The number of likely N-dealkylation sites (tertiary alicyclic amines) is 1. The molecule has 0 saturated carbocycles. The van der Waals surface area contributed by atoms with E-state index in [1.807, 2.05) is 0 Å². The molecule has 8 heteroatoms. The lowest BCUT2D eigenvalue weighted by molar-refractivity contribution is -0.384. The minimum atomic E-state index is -0.547. The molecule has 0 aromatic heterocycles. The normalized spacial score (nSPS) is 15.8. The molecule has 1 amide bonds. The first kappa shape index (κ1) is 15.2. The van der Waals surface area contributed by atoms with Crippen LogP contribution in [0.25, 0.3) is 0 Å². The van der Waals surface area contributed by atoms with Gasteiger partial charge in [-0.25, -0.2) is 0 Å². The van der Waals surface area contributed by atoms with Crippen molar-refractivity contribution >= 4 is 17.3 Å². The molecule has 1 aromatic rings. The van der Waals surface area contributed by atoms with Gasteiger partial charge in [0.15, 0.2) is 0 Å². The summed E-state index contributed by atoms with van der Waals surface area (Å²) in [6.07, 6.45) is 1.45. The zero-order valence-electron chi connectivity index (χ0n) is 11.5. The average Bonchev–Trinajstić information content (AvgIpc) is 2.53. The number of benzene rings is 1. The number of nitrogens with one attached hydrogen (secondary N) is 1. The van der Waals surface area contributed by atoms with E-state index in [-0.39, 0.29) is 29.7 Å². The van der Waals surface area contributed by atoms with E-state index in [1.54, 1.807) is 4.90 Å². The van der Waals surface area contributed by atoms with E-state index in [4.69, 9.17) is 10.9 Å². The third kappa shape index (κ3) is 3.29. The van der Waals surface area contributed by atoms with Gasteiger partial charge in [-0.05, 0) is 24.8 Å². The summed E-state index contributed by atoms with van der Waals surface area (Å²) in [6.45, 7) is 1.17. The van der Waals surface area contributed by atoms with Crippen LogP contribution in [0.5, 0.6) is 0 Å². The van der Waals surface area contributed by atoms with Gasteiger partial charge in [0.25, 0.3) is 11.6 Å². The van der Waals surface area contributed by atoms with Crippen LogP contribution in [0.4, 0.5) is 11.4 Å². The molecule has 21 heavy (non-hydrogen) atoms. The van der Waals surface area contributed by atoms with Gasteiger partial charge in [-0.1, -0.05) is 0 Å². The van der Waals surface area contributed by atoms with Crippen LogP contribution in [-0.4, -0.2) is 40.5 Å². The molecule has 1 fully saturated rings.